The van der Waals surface area contributed by atoms with Gasteiger partial charge in [-0.3, -0.25) is 4.79 Å². The van der Waals surface area contributed by atoms with Gasteiger partial charge in [0.15, 0.2) is 0 Å². The molecule has 2 aromatic carbocycles. The fourth-order valence-electron chi connectivity index (χ4n) is 1.72. The zero-order valence-corrected chi connectivity index (χ0v) is 11.4. The third-order valence-electron chi connectivity index (χ3n) is 2.70. The summed E-state index contributed by atoms with van der Waals surface area (Å²) < 4.78 is 18.5. The number of anilines is 1. The number of hydrogen-bond acceptors (Lipinski definition) is 3. The Morgan fingerprint density at radius 3 is 2.75 bits per heavy atom. The van der Waals surface area contributed by atoms with Gasteiger partial charge in [0.1, 0.15) is 12.4 Å². The fourth-order valence-corrected chi connectivity index (χ4v) is 1.88. The lowest BCUT2D eigenvalue weighted by molar-refractivity contribution is -0.144. The molecule has 0 saturated heterocycles. The molecule has 0 atom stereocenters. The first kappa shape index (κ1) is 14.3. The number of nitrogens with two attached hydrogens (primary N) is 1. The van der Waals surface area contributed by atoms with Crippen LogP contribution in [-0.2, 0) is 22.6 Å². The number of carbonyl (C=O) groups is 1. The second kappa shape index (κ2) is 6.39. The molecule has 0 heterocycles. The van der Waals surface area contributed by atoms with Gasteiger partial charge < -0.3 is 10.5 Å². The normalized spacial score (nSPS) is 10.3. The lowest BCUT2D eigenvalue weighted by atomic mass is 10.1. The third-order valence-corrected chi connectivity index (χ3v) is 2.94. The molecule has 2 N–H and O–H groups in total. The Bertz CT molecular complexity index is 631. The molecule has 3 nitrogen and oxygen atoms in total. The minimum absolute atomic E-state index is 0.0975. The van der Waals surface area contributed by atoms with E-state index in [1.54, 1.807) is 30.3 Å². The Labute approximate surface area is 121 Å². The fraction of sp³-hybridized carbons (Fsp3) is 0.133. The van der Waals surface area contributed by atoms with Crippen molar-refractivity contribution in [3.05, 3.63) is 64.4 Å². The molecule has 104 valence electrons. The molecule has 2 rings (SSSR count). The van der Waals surface area contributed by atoms with Crippen molar-refractivity contribution in [2.24, 2.45) is 0 Å². The van der Waals surface area contributed by atoms with Crippen molar-refractivity contribution >= 4 is 23.3 Å². The molecule has 0 unspecified atom stereocenters. The molecule has 0 amide bonds. The standard InChI is InChI=1S/C15H13ClFNO2/c16-12-5-4-11(14(17)8-12)9-20-15(19)7-10-2-1-3-13(18)6-10/h1-6,8H,7,9,18H2. The molecular formula is C15H13ClFNO2. The van der Waals surface area contributed by atoms with Crippen LogP contribution in [0.1, 0.15) is 11.1 Å². The lowest BCUT2D eigenvalue weighted by Crippen LogP contribution is -2.09. The van der Waals surface area contributed by atoms with Crippen LogP contribution in [0, 0.1) is 5.82 Å². The third kappa shape index (κ3) is 3.96. The van der Waals surface area contributed by atoms with Crippen LogP contribution < -0.4 is 5.73 Å². The van der Waals surface area contributed by atoms with Crippen molar-refractivity contribution in [2.75, 3.05) is 5.73 Å². The maximum absolute atomic E-state index is 13.5. The molecule has 0 aliphatic rings. The van der Waals surface area contributed by atoms with Crippen LogP contribution in [0.3, 0.4) is 0 Å². The van der Waals surface area contributed by atoms with E-state index in [9.17, 15) is 9.18 Å². The smallest absolute Gasteiger partial charge is 0.310 e. The Hall–Kier alpha value is -2.07. The topological polar surface area (TPSA) is 52.3 Å². The summed E-state index contributed by atoms with van der Waals surface area (Å²) in [5, 5.41) is 0.303. The molecule has 0 saturated carbocycles. The maximum Gasteiger partial charge on any atom is 0.310 e. The highest BCUT2D eigenvalue weighted by Crippen LogP contribution is 2.16. The summed E-state index contributed by atoms with van der Waals surface area (Å²) in [6.45, 7) is -0.121. The van der Waals surface area contributed by atoms with E-state index in [0.717, 1.165) is 5.56 Å². The van der Waals surface area contributed by atoms with Gasteiger partial charge in [-0.25, -0.2) is 4.39 Å². The maximum atomic E-state index is 13.5. The van der Waals surface area contributed by atoms with E-state index in [0.29, 0.717) is 10.7 Å². The molecular weight excluding hydrogens is 281 g/mol. The number of halogens is 2. The zero-order valence-electron chi connectivity index (χ0n) is 10.6. The Kier molecular flexibility index (Phi) is 4.58. The van der Waals surface area contributed by atoms with Gasteiger partial charge in [0.25, 0.3) is 0 Å². The quantitative estimate of drug-likeness (QED) is 0.695. The number of nitrogen functional groups attached to an aromatic ring is 1. The van der Waals surface area contributed by atoms with Gasteiger partial charge in [-0.2, -0.15) is 0 Å². The molecule has 0 fully saturated rings. The van der Waals surface area contributed by atoms with Crippen molar-refractivity contribution < 1.29 is 13.9 Å². The summed E-state index contributed by atoms with van der Waals surface area (Å²) in [5.74, 6) is -0.931. The SMILES string of the molecule is Nc1cccc(CC(=O)OCc2ccc(Cl)cc2F)c1. The van der Waals surface area contributed by atoms with Crippen molar-refractivity contribution in [3.8, 4) is 0 Å². The average molecular weight is 294 g/mol. The van der Waals surface area contributed by atoms with Crippen LogP contribution in [-0.4, -0.2) is 5.97 Å². The highest BCUT2D eigenvalue weighted by atomic mass is 35.5. The summed E-state index contributed by atoms with van der Waals surface area (Å²) in [6.07, 6.45) is 0.0975. The van der Waals surface area contributed by atoms with Gasteiger partial charge in [0, 0.05) is 16.3 Å². The summed E-state index contributed by atoms with van der Waals surface area (Å²) in [7, 11) is 0. The number of rotatable bonds is 4. The second-order valence-electron chi connectivity index (χ2n) is 4.32. The van der Waals surface area contributed by atoms with Crippen LogP contribution in [0.5, 0.6) is 0 Å². The number of ether oxygens (including phenoxy) is 1. The molecule has 0 spiro atoms. The van der Waals surface area contributed by atoms with E-state index in [2.05, 4.69) is 0 Å². The predicted molar refractivity (Wildman–Crippen MR) is 75.8 cm³/mol. The summed E-state index contributed by atoms with van der Waals surface area (Å²) >= 11 is 5.64. The van der Waals surface area contributed by atoms with Crippen molar-refractivity contribution in [1.82, 2.24) is 0 Å². The van der Waals surface area contributed by atoms with E-state index in [4.69, 9.17) is 22.1 Å². The van der Waals surface area contributed by atoms with Crippen LogP contribution in [0.25, 0.3) is 0 Å². The number of carbonyl (C=O) groups excluding carboxylic acids is 1. The minimum Gasteiger partial charge on any atom is -0.460 e. The van der Waals surface area contributed by atoms with E-state index in [1.165, 1.54) is 12.1 Å². The zero-order chi connectivity index (χ0) is 14.5. The number of benzene rings is 2. The first-order valence-electron chi connectivity index (χ1n) is 5.98. The first-order valence-corrected chi connectivity index (χ1v) is 6.36. The van der Waals surface area contributed by atoms with Crippen LogP contribution >= 0.6 is 11.6 Å². The summed E-state index contributed by atoms with van der Waals surface area (Å²) in [6, 6.07) is 11.2. The van der Waals surface area contributed by atoms with Gasteiger partial charge in [0.2, 0.25) is 0 Å². The molecule has 2 aromatic rings. The van der Waals surface area contributed by atoms with Crippen molar-refractivity contribution in [1.29, 1.82) is 0 Å². The largest absolute Gasteiger partial charge is 0.460 e. The van der Waals surface area contributed by atoms with Gasteiger partial charge in [-0.15, -0.1) is 0 Å². The number of hydrogen-bond donors (Lipinski definition) is 1. The first-order chi connectivity index (χ1) is 9.54. The van der Waals surface area contributed by atoms with Gasteiger partial charge >= 0.3 is 5.97 Å². The minimum atomic E-state index is -0.491. The monoisotopic (exact) mass is 293 g/mol. The van der Waals surface area contributed by atoms with Gasteiger partial charge in [0.05, 0.1) is 6.42 Å². The average Bonchev–Trinajstić information content (AvgIpc) is 2.37. The van der Waals surface area contributed by atoms with Crippen LogP contribution in [0.15, 0.2) is 42.5 Å². The molecule has 0 aliphatic heterocycles. The number of esters is 1. The molecule has 0 aromatic heterocycles. The second-order valence-corrected chi connectivity index (χ2v) is 4.75. The van der Waals surface area contributed by atoms with Gasteiger partial charge in [-0.1, -0.05) is 29.8 Å². The molecule has 20 heavy (non-hydrogen) atoms. The molecule has 0 aliphatic carbocycles. The highest BCUT2D eigenvalue weighted by Gasteiger charge is 2.08. The predicted octanol–water partition coefficient (Wildman–Crippen LogP) is 3.35. The van der Waals surface area contributed by atoms with E-state index in [-0.39, 0.29) is 18.6 Å². The molecule has 5 heteroatoms. The van der Waals surface area contributed by atoms with E-state index >= 15 is 0 Å². The highest BCUT2D eigenvalue weighted by molar-refractivity contribution is 6.30. The van der Waals surface area contributed by atoms with Gasteiger partial charge in [-0.05, 0) is 29.8 Å². The Morgan fingerprint density at radius 2 is 2.05 bits per heavy atom. The molecule has 0 bridgehead atoms. The van der Waals surface area contributed by atoms with Crippen LogP contribution in [0.4, 0.5) is 10.1 Å². The van der Waals surface area contributed by atoms with E-state index in [1.807, 2.05) is 0 Å². The Balaban J connectivity index is 1.92. The summed E-state index contributed by atoms with van der Waals surface area (Å²) in [5.41, 5.74) is 7.25. The van der Waals surface area contributed by atoms with E-state index < -0.39 is 11.8 Å². The molecule has 0 radical (unpaired) electrons. The Morgan fingerprint density at radius 1 is 1.25 bits per heavy atom. The van der Waals surface area contributed by atoms with Crippen molar-refractivity contribution in [3.63, 3.8) is 0 Å². The van der Waals surface area contributed by atoms with Crippen LogP contribution in [0.2, 0.25) is 5.02 Å². The lowest BCUT2D eigenvalue weighted by Gasteiger charge is -2.06. The summed E-state index contributed by atoms with van der Waals surface area (Å²) in [4.78, 5) is 11.7. The van der Waals surface area contributed by atoms with Crippen molar-refractivity contribution in [2.45, 2.75) is 13.0 Å².